The van der Waals surface area contributed by atoms with Gasteiger partial charge in [-0.25, -0.2) is 10.0 Å². The van der Waals surface area contributed by atoms with Gasteiger partial charge in [0.05, 0.1) is 0 Å². The molecule has 0 radical (unpaired) electrons. The highest BCUT2D eigenvalue weighted by atomic mass is 16.4. The molecule has 4 N–H and O–H groups in total. The molecule has 0 spiro atoms. The standard InChI is InChI=1S/C14H28N4O2/c15-7-2-1-6-13(14(19)20)18(12-4-3-5-12)17-10-8-16-9-11-17/h12-13,16H,1-11,15H2,(H,19,20)/t13-/m0/s1. The molecule has 1 heterocycles. The number of piperazine rings is 1. The van der Waals surface area contributed by atoms with E-state index in [0.717, 1.165) is 51.9 Å². The Morgan fingerprint density at radius 3 is 2.55 bits per heavy atom. The molecule has 2 aliphatic rings. The highest BCUT2D eigenvalue weighted by molar-refractivity contribution is 5.73. The topological polar surface area (TPSA) is 81.8 Å². The van der Waals surface area contributed by atoms with E-state index in [1.54, 1.807) is 0 Å². The molecule has 0 aromatic rings. The van der Waals surface area contributed by atoms with Crippen LogP contribution in [0.5, 0.6) is 0 Å². The smallest absolute Gasteiger partial charge is 0.322 e. The summed E-state index contributed by atoms with van der Waals surface area (Å²) in [6.45, 7) is 4.36. The summed E-state index contributed by atoms with van der Waals surface area (Å²) < 4.78 is 0. The maximum absolute atomic E-state index is 11.7. The number of carboxylic acid groups (broad SMARTS) is 1. The highest BCUT2D eigenvalue weighted by Gasteiger charge is 2.38. The zero-order valence-corrected chi connectivity index (χ0v) is 12.3. The lowest BCUT2D eigenvalue weighted by molar-refractivity contribution is -0.167. The normalized spacial score (nSPS) is 22.7. The molecule has 116 valence electrons. The first-order chi connectivity index (χ1) is 9.74. The van der Waals surface area contributed by atoms with Crippen molar-refractivity contribution in [3.63, 3.8) is 0 Å². The number of nitrogens with zero attached hydrogens (tertiary/aromatic N) is 2. The minimum Gasteiger partial charge on any atom is -0.480 e. The molecule has 6 heteroatoms. The maximum atomic E-state index is 11.7. The van der Waals surface area contributed by atoms with Gasteiger partial charge in [0, 0.05) is 32.2 Å². The van der Waals surface area contributed by atoms with Gasteiger partial charge in [0.25, 0.3) is 0 Å². The quantitative estimate of drug-likeness (QED) is 0.554. The zero-order valence-electron chi connectivity index (χ0n) is 12.3. The van der Waals surface area contributed by atoms with Gasteiger partial charge in [-0.15, -0.1) is 0 Å². The van der Waals surface area contributed by atoms with Crippen LogP contribution in [-0.4, -0.2) is 65.9 Å². The zero-order chi connectivity index (χ0) is 14.4. The van der Waals surface area contributed by atoms with Gasteiger partial charge in [-0.2, -0.15) is 0 Å². The summed E-state index contributed by atoms with van der Waals surface area (Å²) >= 11 is 0. The molecule has 2 rings (SSSR count). The predicted molar refractivity (Wildman–Crippen MR) is 78.2 cm³/mol. The van der Waals surface area contributed by atoms with Gasteiger partial charge in [0.1, 0.15) is 6.04 Å². The van der Waals surface area contributed by atoms with Crippen LogP contribution >= 0.6 is 0 Å². The van der Waals surface area contributed by atoms with Gasteiger partial charge in [-0.3, -0.25) is 4.79 Å². The van der Waals surface area contributed by atoms with Crippen LogP contribution in [0.4, 0.5) is 0 Å². The number of nitrogens with one attached hydrogen (secondary N) is 1. The number of hydrazine groups is 1. The number of hydrogen-bond acceptors (Lipinski definition) is 5. The van der Waals surface area contributed by atoms with E-state index in [-0.39, 0.29) is 6.04 Å². The summed E-state index contributed by atoms with van der Waals surface area (Å²) in [4.78, 5) is 11.7. The Balaban J connectivity index is 2.02. The fraction of sp³-hybridized carbons (Fsp3) is 0.929. The van der Waals surface area contributed by atoms with Gasteiger partial charge >= 0.3 is 5.97 Å². The molecule has 1 aliphatic carbocycles. The second-order valence-corrected chi connectivity index (χ2v) is 5.81. The van der Waals surface area contributed by atoms with E-state index < -0.39 is 5.97 Å². The van der Waals surface area contributed by atoms with E-state index in [1.165, 1.54) is 6.42 Å². The second-order valence-electron chi connectivity index (χ2n) is 5.81. The van der Waals surface area contributed by atoms with Crippen molar-refractivity contribution >= 4 is 5.97 Å². The van der Waals surface area contributed by atoms with Crippen molar-refractivity contribution in [2.45, 2.75) is 50.6 Å². The maximum Gasteiger partial charge on any atom is 0.322 e. The Morgan fingerprint density at radius 1 is 1.35 bits per heavy atom. The molecule has 1 saturated carbocycles. The summed E-state index contributed by atoms with van der Waals surface area (Å²) in [6, 6.07) is 0.0389. The van der Waals surface area contributed by atoms with Crippen molar-refractivity contribution in [3.8, 4) is 0 Å². The first-order valence-electron chi connectivity index (χ1n) is 7.91. The van der Waals surface area contributed by atoms with Crippen molar-refractivity contribution in [3.05, 3.63) is 0 Å². The number of carbonyl (C=O) groups is 1. The van der Waals surface area contributed by atoms with Crippen molar-refractivity contribution in [2.75, 3.05) is 32.7 Å². The van der Waals surface area contributed by atoms with E-state index in [9.17, 15) is 9.90 Å². The van der Waals surface area contributed by atoms with Gasteiger partial charge < -0.3 is 16.2 Å². The Hall–Kier alpha value is -0.690. The van der Waals surface area contributed by atoms with Crippen LogP contribution in [0.25, 0.3) is 0 Å². The summed E-state index contributed by atoms with van der Waals surface area (Å²) in [5.74, 6) is -0.688. The molecule has 1 atom stereocenters. The fourth-order valence-corrected chi connectivity index (χ4v) is 3.07. The van der Waals surface area contributed by atoms with Crippen molar-refractivity contribution in [1.82, 2.24) is 15.3 Å². The summed E-state index contributed by atoms with van der Waals surface area (Å²) in [7, 11) is 0. The molecule has 0 aromatic carbocycles. The molecular formula is C14H28N4O2. The molecule has 2 fully saturated rings. The van der Waals surface area contributed by atoms with E-state index in [0.29, 0.717) is 19.0 Å². The van der Waals surface area contributed by atoms with Gasteiger partial charge in [0.15, 0.2) is 0 Å². The Labute approximate surface area is 121 Å². The molecular weight excluding hydrogens is 256 g/mol. The number of hydrogen-bond donors (Lipinski definition) is 3. The van der Waals surface area contributed by atoms with Crippen molar-refractivity contribution < 1.29 is 9.90 Å². The van der Waals surface area contributed by atoms with Crippen LogP contribution < -0.4 is 11.1 Å². The number of unbranched alkanes of at least 4 members (excludes halogenated alkanes) is 1. The monoisotopic (exact) mass is 284 g/mol. The van der Waals surface area contributed by atoms with Crippen molar-refractivity contribution in [2.24, 2.45) is 5.73 Å². The van der Waals surface area contributed by atoms with Gasteiger partial charge in [-0.1, -0.05) is 6.42 Å². The van der Waals surface area contributed by atoms with Crippen LogP contribution in [0.1, 0.15) is 38.5 Å². The lowest BCUT2D eigenvalue weighted by atomic mass is 9.90. The molecule has 1 saturated heterocycles. The van der Waals surface area contributed by atoms with Crippen LogP contribution in [-0.2, 0) is 4.79 Å². The number of rotatable bonds is 8. The largest absolute Gasteiger partial charge is 0.480 e. The lowest BCUT2D eigenvalue weighted by Crippen LogP contribution is -2.62. The molecule has 0 aromatic heterocycles. The first-order valence-corrected chi connectivity index (χ1v) is 7.91. The SMILES string of the molecule is NCCCC[C@@H](C(=O)O)N(C1CCC1)N1CCNCC1. The third-order valence-corrected chi connectivity index (χ3v) is 4.40. The highest BCUT2D eigenvalue weighted by Crippen LogP contribution is 2.29. The molecule has 1 aliphatic heterocycles. The van der Waals surface area contributed by atoms with Gasteiger partial charge in [0.2, 0.25) is 0 Å². The molecule has 20 heavy (non-hydrogen) atoms. The Bertz CT molecular complexity index is 304. The molecule has 0 amide bonds. The van der Waals surface area contributed by atoms with E-state index >= 15 is 0 Å². The Kier molecular flexibility index (Phi) is 6.22. The third kappa shape index (κ3) is 3.91. The minimum atomic E-state index is -0.688. The van der Waals surface area contributed by atoms with Crippen LogP contribution in [0.15, 0.2) is 0 Å². The molecule has 0 bridgehead atoms. The van der Waals surface area contributed by atoms with E-state index in [4.69, 9.17) is 5.73 Å². The van der Waals surface area contributed by atoms with E-state index in [1.807, 2.05) is 0 Å². The average molecular weight is 284 g/mol. The van der Waals surface area contributed by atoms with Crippen molar-refractivity contribution in [1.29, 1.82) is 0 Å². The third-order valence-electron chi connectivity index (χ3n) is 4.40. The van der Waals surface area contributed by atoms with Crippen LogP contribution in [0, 0.1) is 0 Å². The number of nitrogens with two attached hydrogens (primary N) is 1. The molecule has 6 nitrogen and oxygen atoms in total. The second kappa shape index (κ2) is 7.93. The summed E-state index contributed by atoms with van der Waals surface area (Å²) in [5, 5.41) is 17.4. The summed E-state index contributed by atoms with van der Waals surface area (Å²) in [5.41, 5.74) is 5.53. The van der Waals surface area contributed by atoms with E-state index in [2.05, 4.69) is 15.3 Å². The average Bonchev–Trinajstić information content (AvgIpc) is 2.40. The fourth-order valence-electron chi connectivity index (χ4n) is 3.07. The predicted octanol–water partition coefficient (Wildman–Crippen LogP) is 0.243. The first kappa shape index (κ1) is 15.7. The van der Waals surface area contributed by atoms with Crippen LogP contribution in [0.2, 0.25) is 0 Å². The Morgan fingerprint density at radius 2 is 2.05 bits per heavy atom. The minimum absolute atomic E-state index is 0.384. The molecule has 0 unspecified atom stereocenters. The van der Waals surface area contributed by atoms with Gasteiger partial charge in [-0.05, 0) is 38.6 Å². The number of aliphatic carboxylic acids is 1. The lowest BCUT2D eigenvalue weighted by Gasteiger charge is -2.48. The van der Waals surface area contributed by atoms with Crippen LogP contribution in [0.3, 0.4) is 0 Å². The summed E-state index contributed by atoms with van der Waals surface area (Å²) in [6.07, 6.45) is 5.98. The number of carboxylic acids is 1.